The summed E-state index contributed by atoms with van der Waals surface area (Å²) in [7, 11) is 1.87. The Kier molecular flexibility index (Phi) is 4.37. The second kappa shape index (κ2) is 6.85. The molecule has 136 valence electrons. The summed E-state index contributed by atoms with van der Waals surface area (Å²) in [5.41, 5.74) is 1.56. The van der Waals surface area contributed by atoms with Gasteiger partial charge >= 0.3 is 0 Å². The van der Waals surface area contributed by atoms with Crippen LogP contribution in [0, 0.1) is 12.7 Å². The van der Waals surface area contributed by atoms with Gasteiger partial charge in [0.05, 0.1) is 10.6 Å². The molecule has 0 unspecified atom stereocenters. The quantitative estimate of drug-likeness (QED) is 0.533. The van der Waals surface area contributed by atoms with Gasteiger partial charge in [-0.2, -0.15) is 5.10 Å². The Bertz CT molecular complexity index is 1100. The van der Waals surface area contributed by atoms with Gasteiger partial charge in [-0.15, -0.1) is 11.3 Å². The van der Waals surface area contributed by atoms with Crippen molar-refractivity contribution in [2.45, 2.75) is 6.92 Å². The number of nitrogens with one attached hydrogen (secondary N) is 1. The third-order valence-corrected chi connectivity index (χ3v) is 5.26. The summed E-state index contributed by atoms with van der Waals surface area (Å²) in [4.78, 5) is 14.1. The minimum absolute atomic E-state index is 0.172. The molecule has 5 nitrogen and oxygen atoms in total. The zero-order valence-electron chi connectivity index (χ0n) is 14.7. The van der Waals surface area contributed by atoms with Crippen LogP contribution in [0.1, 0.15) is 15.4 Å². The largest absolute Gasteiger partial charge is 0.457 e. The predicted octanol–water partition coefficient (Wildman–Crippen LogP) is 5.13. The van der Waals surface area contributed by atoms with E-state index in [-0.39, 0.29) is 11.7 Å². The van der Waals surface area contributed by atoms with Crippen LogP contribution in [0.4, 0.5) is 10.1 Å². The second-order valence-corrected chi connectivity index (χ2v) is 7.11. The summed E-state index contributed by atoms with van der Waals surface area (Å²) in [6.45, 7) is 1.92. The summed E-state index contributed by atoms with van der Waals surface area (Å²) >= 11 is 1.41. The minimum Gasteiger partial charge on any atom is -0.457 e. The molecule has 1 N–H and O–H groups in total. The molecule has 2 heterocycles. The van der Waals surface area contributed by atoms with Crippen LogP contribution in [-0.2, 0) is 7.05 Å². The van der Waals surface area contributed by atoms with E-state index >= 15 is 0 Å². The van der Waals surface area contributed by atoms with Gasteiger partial charge in [0.25, 0.3) is 5.91 Å². The summed E-state index contributed by atoms with van der Waals surface area (Å²) in [6, 6.07) is 14.7. The molecule has 2 aromatic heterocycles. The molecule has 0 bridgehead atoms. The molecule has 0 aliphatic carbocycles. The van der Waals surface area contributed by atoms with Crippen LogP contribution >= 0.6 is 11.3 Å². The maximum atomic E-state index is 13.2. The number of benzene rings is 2. The number of aryl methyl sites for hydroxylation is 2. The molecule has 0 atom stereocenters. The zero-order chi connectivity index (χ0) is 19.0. The zero-order valence-corrected chi connectivity index (χ0v) is 15.5. The van der Waals surface area contributed by atoms with Gasteiger partial charge in [-0.1, -0.05) is 6.07 Å². The average Bonchev–Trinajstić information content (AvgIpc) is 3.19. The normalized spacial score (nSPS) is 10.9. The first-order chi connectivity index (χ1) is 13.0. The van der Waals surface area contributed by atoms with Crippen LogP contribution in [0.2, 0.25) is 0 Å². The summed E-state index contributed by atoms with van der Waals surface area (Å²) in [6.07, 6.45) is 0. The van der Waals surface area contributed by atoms with E-state index in [1.54, 1.807) is 41.1 Å². The van der Waals surface area contributed by atoms with E-state index in [0.29, 0.717) is 22.1 Å². The number of nitrogens with zero attached hydrogens (tertiary/aromatic N) is 2. The third-order valence-electron chi connectivity index (χ3n) is 4.06. The van der Waals surface area contributed by atoms with Gasteiger partial charge in [-0.25, -0.2) is 4.39 Å². The number of halogens is 1. The number of anilines is 1. The van der Waals surface area contributed by atoms with Crippen molar-refractivity contribution in [3.63, 3.8) is 0 Å². The molecular weight excluding hydrogens is 365 g/mol. The maximum absolute atomic E-state index is 13.2. The fourth-order valence-corrected chi connectivity index (χ4v) is 3.80. The highest BCUT2D eigenvalue weighted by atomic mass is 32.1. The third kappa shape index (κ3) is 3.54. The molecule has 0 aliphatic heterocycles. The van der Waals surface area contributed by atoms with E-state index in [9.17, 15) is 9.18 Å². The smallest absolute Gasteiger partial charge is 0.265 e. The number of amides is 1. The fourth-order valence-electron chi connectivity index (χ4n) is 2.78. The van der Waals surface area contributed by atoms with Gasteiger partial charge in [0, 0.05) is 24.2 Å². The van der Waals surface area contributed by atoms with E-state index in [0.717, 1.165) is 15.9 Å². The van der Waals surface area contributed by atoms with Crippen LogP contribution in [0.15, 0.2) is 54.6 Å². The van der Waals surface area contributed by atoms with Crippen LogP contribution in [0.3, 0.4) is 0 Å². The number of thiophene rings is 1. The highest BCUT2D eigenvalue weighted by Crippen LogP contribution is 2.29. The molecule has 1 amide bonds. The number of carbonyl (C=O) groups is 1. The van der Waals surface area contributed by atoms with Crippen molar-refractivity contribution in [2.24, 2.45) is 7.05 Å². The lowest BCUT2D eigenvalue weighted by Crippen LogP contribution is -2.09. The SMILES string of the molecule is Cc1nn(C)c2sc(C(=O)Nc3ccc(Oc4cccc(F)c4)cc3)cc12. The van der Waals surface area contributed by atoms with E-state index in [2.05, 4.69) is 10.4 Å². The molecule has 0 radical (unpaired) electrons. The van der Waals surface area contributed by atoms with Crippen LogP contribution in [0.25, 0.3) is 10.2 Å². The van der Waals surface area contributed by atoms with Gasteiger partial charge < -0.3 is 10.1 Å². The fraction of sp³-hybridized carbons (Fsp3) is 0.100. The van der Waals surface area contributed by atoms with Crippen molar-refractivity contribution < 1.29 is 13.9 Å². The van der Waals surface area contributed by atoms with Crippen molar-refractivity contribution in [3.8, 4) is 11.5 Å². The Labute approximate surface area is 159 Å². The predicted molar refractivity (Wildman–Crippen MR) is 104 cm³/mol. The van der Waals surface area contributed by atoms with Crippen molar-refractivity contribution >= 4 is 33.1 Å². The Morgan fingerprint density at radius 3 is 2.63 bits per heavy atom. The van der Waals surface area contributed by atoms with Crippen LogP contribution < -0.4 is 10.1 Å². The lowest BCUT2D eigenvalue weighted by atomic mass is 10.2. The maximum Gasteiger partial charge on any atom is 0.265 e. The van der Waals surface area contributed by atoms with Gasteiger partial charge in [-0.3, -0.25) is 9.48 Å². The average molecular weight is 381 g/mol. The molecular formula is C20H16FN3O2S. The minimum atomic E-state index is -0.356. The number of fused-ring (bicyclic) bond motifs is 1. The van der Waals surface area contributed by atoms with Crippen molar-refractivity contribution in [2.75, 3.05) is 5.32 Å². The van der Waals surface area contributed by atoms with E-state index in [1.807, 2.05) is 20.0 Å². The molecule has 7 heteroatoms. The molecule has 4 rings (SSSR count). The molecule has 0 saturated carbocycles. The Morgan fingerprint density at radius 1 is 1.15 bits per heavy atom. The number of hydrogen-bond donors (Lipinski definition) is 1. The second-order valence-electron chi connectivity index (χ2n) is 6.08. The van der Waals surface area contributed by atoms with E-state index in [1.165, 1.54) is 23.5 Å². The molecule has 0 saturated heterocycles. The Hall–Kier alpha value is -3.19. The highest BCUT2D eigenvalue weighted by Gasteiger charge is 2.15. The summed E-state index contributed by atoms with van der Waals surface area (Å²) in [5.74, 6) is 0.447. The first-order valence-corrected chi connectivity index (χ1v) is 9.09. The highest BCUT2D eigenvalue weighted by molar-refractivity contribution is 7.20. The first-order valence-electron chi connectivity index (χ1n) is 8.27. The first kappa shape index (κ1) is 17.2. The van der Waals surface area contributed by atoms with Crippen molar-refractivity contribution in [1.82, 2.24) is 9.78 Å². The van der Waals surface area contributed by atoms with Gasteiger partial charge in [0.1, 0.15) is 22.1 Å². The summed E-state index contributed by atoms with van der Waals surface area (Å²) < 4.78 is 20.6. The van der Waals surface area contributed by atoms with Crippen LogP contribution in [0.5, 0.6) is 11.5 Å². The van der Waals surface area contributed by atoms with E-state index < -0.39 is 0 Å². The number of carbonyl (C=O) groups excluding carboxylic acids is 1. The molecule has 0 fully saturated rings. The lowest BCUT2D eigenvalue weighted by molar-refractivity contribution is 0.103. The standard InChI is InChI=1S/C20H16FN3O2S/c1-12-17-11-18(27-20(17)24(2)23-12)19(25)22-14-6-8-15(9-7-14)26-16-5-3-4-13(21)10-16/h3-11H,1-2H3,(H,22,25). The van der Waals surface area contributed by atoms with Crippen molar-refractivity contribution in [1.29, 1.82) is 0 Å². The van der Waals surface area contributed by atoms with Gasteiger partial charge in [0.15, 0.2) is 0 Å². The van der Waals surface area contributed by atoms with Gasteiger partial charge in [0.2, 0.25) is 0 Å². The molecule has 2 aromatic carbocycles. The number of rotatable bonds is 4. The topological polar surface area (TPSA) is 56.2 Å². The molecule has 27 heavy (non-hydrogen) atoms. The summed E-state index contributed by atoms with van der Waals surface area (Å²) in [5, 5.41) is 8.21. The molecule has 0 spiro atoms. The monoisotopic (exact) mass is 381 g/mol. The molecule has 0 aliphatic rings. The van der Waals surface area contributed by atoms with E-state index in [4.69, 9.17) is 4.74 Å². The number of hydrogen-bond acceptors (Lipinski definition) is 4. The number of aromatic nitrogens is 2. The lowest BCUT2D eigenvalue weighted by Gasteiger charge is -2.07. The van der Waals surface area contributed by atoms with Crippen molar-refractivity contribution in [3.05, 3.63) is 71.0 Å². The Balaban J connectivity index is 1.47. The Morgan fingerprint density at radius 2 is 1.93 bits per heavy atom. The van der Waals surface area contributed by atoms with Gasteiger partial charge in [-0.05, 0) is 49.4 Å². The molecule has 4 aromatic rings. The van der Waals surface area contributed by atoms with Crippen LogP contribution in [-0.4, -0.2) is 15.7 Å². The number of ether oxygens (including phenoxy) is 1.